The van der Waals surface area contributed by atoms with Crippen molar-refractivity contribution in [2.75, 3.05) is 20.3 Å². The summed E-state index contributed by atoms with van der Waals surface area (Å²) >= 11 is 0. The number of methoxy groups -OCH3 is 1. The molecule has 5 heteroatoms. The molecular weight excluding hydrogens is 204 g/mol. The van der Waals surface area contributed by atoms with Gasteiger partial charge in [-0.1, -0.05) is 13.8 Å². The van der Waals surface area contributed by atoms with Crippen LogP contribution in [0.2, 0.25) is 0 Å². The highest BCUT2D eigenvalue weighted by Gasteiger charge is 2.12. The average molecular weight is 226 g/mol. The Morgan fingerprint density at radius 3 is 2.69 bits per heavy atom. The monoisotopic (exact) mass is 226 g/mol. The minimum absolute atomic E-state index is 0.394. The van der Waals surface area contributed by atoms with Crippen molar-refractivity contribution in [1.29, 1.82) is 0 Å². The van der Waals surface area contributed by atoms with Gasteiger partial charge in [-0.2, -0.15) is 5.10 Å². The van der Waals surface area contributed by atoms with E-state index in [1.54, 1.807) is 7.11 Å². The lowest BCUT2D eigenvalue weighted by Gasteiger charge is -2.21. The predicted molar refractivity (Wildman–Crippen MR) is 63.3 cm³/mol. The van der Waals surface area contributed by atoms with E-state index < -0.39 is 0 Å². The summed E-state index contributed by atoms with van der Waals surface area (Å²) in [4.78, 5) is 4.26. The number of aryl methyl sites for hydroxylation is 1. The highest BCUT2D eigenvalue weighted by Crippen LogP contribution is 2.02. The number of rotatable bonds is 7. The number of nitrogens with one attached hydrogen (secondary N) is 2. The maximum absolute atomic E-state index is 5.17. The van der Waals surface area contributed by atoms with Crippen molar-refractivity contribution in [2.45, 2.75) is 33.2 Å². The first kappa shape index (κ1) is 13.1. The minimum Gasteiger partial charge on any atom is -0.383 e. The van der Waals surface area contributed by atoms with E-state index in [0.717, 1.165) is 31.2 Å². The summed E-state index contributed by atoms with van der Waals surface area (Å²) in [5, 5.41) is 10.4. The van der Waals surface area contributed by atoms with Crippen LogP contribution >= 0.6 is 0 Å². The number of hydrogen-bond donors (Lipinski definition) is 2. The Morgan fingerprint density at radius 1 is 1.44 bits per heavy atom. The number of aromatic amines is 1. The van der Waals surface area contributed by atoms with Gasteiger partial charge in [0.05, 0.1) is 6.61 Å². The molecule has 1 atom stereocenters. The second-order valence-corrected chi connectivity index (χ2v) is 4.35. The molecule has 1 heterocycles. The smallest absolute Gasteiger partial charge is 0.151 e. The number of nitrogens with zero attached hydrogens (tertiary/aromatic N) is 2. The largest absolute Gasteiger partial charge is 0.383 e. The Balaban J connectivity index is 2.27. The molecule has 0 bridgehead atoms. The SMILES string of the molecule is COCC(NCCc1n[nH]c(C)n1)C(C)C. The van der Waals surface area contributed by atoms with Crippen molar-refractivity contribution in [3.8, 4) is 0 Å². The van der Waals surface area contributed by atoms with Gasteiger partial charge in [-0.25, -0.2) is 4.98 Å². The summed E-state index contributed by atoms with van der Waals surface area (Å²) in [7, 11) is 1.73. The third-order valence-electron chi connectivity index (χ3n) is 2.55. The van der Waals surface area contributed by atoms with Crippen LogP contribution in [0.25, 0.3) is 0 Å². The Kier molecular flexibility index (Phi) is 5.42. The maximum atomic E-state index is 5.17. The van der Waals surface area contributed by atoms with Gasteiger partial charge < -0.3 is 10.1 Å². The fourth-order valence-corrected chi connectivity index (χ4v) is 1.54. The summed E-state index contributed by atoms with van der Waals surface area (Å²) < 4.78 is 5.17. The van der Waals surface area contributed by atoms with Crippen molar-refractivity contribution in [2.24, 2.45) is 5.92 Å². The van der Waals surface area contributed by atoms with Crippen LogP contribution in [0.15, 0.2) is 0 Å². The van der Waals surface area contributed by atoms with Gasteiger partial charge in [-0.3, -0.25) is 5.10 Å². The van der Waals surface area contributed by atoms with E-state index in [1.807, 2.05) is 6.92 Å². The third-order valence-corrected chi connectivity index (χ3v) is 2.55. The molecule has 1 aromatic rings. The van der Waals surface area contributed by atoms with Crippen LogP contribution in [0.5, 0.6) is 0 Å². The van der Waals surface area contributed by atoms with Gasteiger partial charge in [0.15, 0.2) is 5.82 Å². The Morgan fingerprint density at radius 2 is 2.19 bits per heavy atom. The summed E-state index contributed by atoms with van der Waals surface area (Å²) in [5.41, 5.74) is 0. The van der Waals surface area contributed by atoms with Crippen molar-refractivity contribution in [3.05, 3.63) is 11.6 Å². The van der Waals surface area contributed by atoms with Gasteiger partial charge in [-0.05, 0) is 12.8 Å². The number of ether oxygens (including phenoxy) is 1. The molecule has 1 aromatic heterocycles. The van der Waals surface area contributed by atoms with Crippen LogP contribution in [-0.4, -0.2) is 41.5 Å². The molecule has 1 unspecified atom stereocenters. The standard InChI is InChI=1S/C11H22N4O/c1-8(2)10(7-16-4)12-6-5-11-13-9(3)14-15-11/h8,10,12H,5-7H2,1-4H3,(H,13,14,15). The van der Waals surface area contributed by atoms with Gasteiger partial charge >= 0.3 is 0 Å². The van der Waals surface area contributed by atoms with Crippen LogP contribution in [0, 0.1) is 12.8 Å². The normalized spacial score (nSPS) is 13.3. The summed E-state index contributed by atoms with van der Waals surface area (Å²) in [6.07, 6.45) is 0.845. The van der Waals surface area contributed by atoms with Crippen LogP contribution in [0.3, 0.4) is 0 Å². The minimum atomic E-state index is 0.394. The maximum Gasteiger partial charge on any atom is 0.151 e. The lowest BCUT2D eigenvalue weighted by molar-refractivity contribution is 0.147. The molecule has 0 saturated carbocycles. The van der Waals surface area contributed by atoms with Crippen molar-refractivity contribution < 1.29 is 4.74 Å². The molecule has 0 saturated heterocycles. The Labute approximate surface area is 97.0 Å². The highest BCUT2D eigenvalue weighted by molar-refractivity contribution is 4.88. The second kappa shape index (κ2) is 6.60. The molecule has 1 rings (SSSR count). The first-order valence-electron chi connectivity index (χ1n) is 5.73. The van der Waals surface area contributed by atoms with Crippen molar-refractivity contribution in [1.82, 2.24) is 20.5 Å². The molecule has 2 N–H and O–H groups in total. The van der Waals surface area contributed by atoms with Crippen molar-refractivity contribution >= 4 is 0 Å². The lowest BCUT2D eigenvalue weighted by Crippen LogP contribution is -2.38. The molecule has 0 fully saturated rings. The fourth-order valence-electron chi connectivity index (χ4n) is 1.54. The molecule has 16 heavy (non-hydrogen) atoms. The summed E-state index contributed by atoms with van der Waals surface area (Å²) in [6.45, 7) is 7.90. The van der Waals surface area contributed by atoms with E-state index in [4.69, 9.17) is 4.74 Å². The average Bonchev–Trinajstić information content (AvgIpc) is 2.63. The molecule has 0 aliphatic rings. The molecule has 0 aromatic carbocycles. The molecular formula is C11H22N4O. The number of H-pyrrole nitrogens is 1. The molecule has 0 spiro atoms. The van der Waals surface area contributed by atoms with Crippen LogP contribution < -0.4 is 5.32 Å². The summed E-state index contributed by atoms with van der Waals surface area (Å²) in [6, 6.07) is 0.394. The Hall–Kier alpha value is -0.940. The quantitative estimate of drug-likeness (QED) is 0.725. The van der Waals surface area contributed by atoms with E-state index in [2.05, 4.69) is 34.3 Å². The highest BCUT2D eigenvalue weighted by atomic mass is 16.5. The van der Waals surface area contributed by atoms with E-state index in [0.29, 0.717) is 12.0 Å². The van der Waals surface area contributed by atoms with Crippen LogP contribution in [0.4, 0.5) is 0 Å². The Bertz CT molecular complexity index is 298. The molecule has 5 nitrogen and oxygen atoms in total. The van der Waals surface area contributed by atoms with Crippen LogP contribution in [-0.2, 0) is 11.2 Å². The predicted octanol–water partition coefficient (Wildman–Crippen LogP) is 0.916. The molecule has 0 aliphatic carbocycles. The first-order chi connectivity index (χ1) is 7.63. The number of hydrogen-bond acceptors (Lipinski definition) is 4. The molecule has 92 valence electrons. The molecule has 0 aliphatic heterocycles. The van der Waals surface area contributed by atoms with Gasteiger partial charge in [0.1, 0.15) is 5.82 Å². The second-order valence-electron chi connectivity index (χ2n) is 4.35. The van der Waals surface area contributed by atoms with Gasteiger partial charge in [0.25, 0.3) is 0 Å². The van der Waals surface area contributed by atoms with Crippen molar-refractivity contribution in [3.63, 3.8) is 0 Å². The van der Waals surface area contributed by atoms with Gasteiger partial charge in [0.2, 0.25) is 0 Å². The summed E-state index contributed by atoms with van der Waals surface area (Å²) in [5.74, 6) is 2.30. The lowest BCUT2D eigenvalue weighted by atomic mass is 10.1. The third kappa shape index (κ3) is 4.28. The van der Waals surface area contributed by atoms with E-state index >= 15 is 0 Å². The first-order valence-corrected chi connectivity index (χ1v) is 5.73. The topological polar surface area (TPSA) is 62.8 Å². The van der Waals surface area contributed by atoms with Gasteiger partial charge in [0, 0.05) is 26.1 Å². The van der Waals surface area contributed by atoms with E-state index in [-0.39, 0.29) is 0 Å². The van der Waals surface area contributed by atoms with Crippen LogP contribution in [0.1, 0.15) is 25.5 Å². The zero-order chi connectivity index (χ0) is 12.0. The molecule has 0 amide bonds. The fraction of sp³-hybridized carbons (Fsp3) is 0.818. The van der Waals surface area contributed by atoms with E-state index in [1.165, 1.54) is 0 Å². The number of aromatic nitrogens is 3. The van der Waals surface area contributed by atoms with E-state index in [9.17, 15) is 0 Å². The zero-order valence-electron chi connectivity index (χ0n) is 10.6. The molecule has 0 radical (unpaired) electrons. The zero-order valence-corrected chi connectivity index (χ0v) is 10.6. The van der Waals surface area contributed by atoms with Gasteiger partial charge in [-0.15, -0.1) is 0 Å².